The van der Waals surface area contributed by atoms with E-state index in [-0.39, 0.29) is 35.7 Å². The summed E-state index contributed by atoms with van der Waals surface area (Å²) < 4.78 is 23.9. The average molecular weight is 482 g/mol. The van der Waals surface area contributed by atoms with Gasteiger partial charge >= 0.3 is 5.97 Å². The summed E-state index contributed by atoms with van der Waals surface area (Å²) in [6.45, 7) is 4.84. The van der Waals surface area contributed by atoms with Crippen LogP contribution >= 0.6 is 0 Å². The number of carboxylic acid groups (broad SMARTS) is 1. The minimum Gasteiger partial charge on any atom is -0.497 e. The number of hydrogen-bond donors (Lipinski definition) is 1. The van der Waals surface area contributed by atoms with E-state index in [1.807, 2.05) is 23.1 Å². The van der Waals surface area contributed by atoms with E-state index in [0.717, 1.165) is 29.9 Å². The Morgan fingerprint density at radius 3 is 2.77 bits per heavy atom. The average Bonchev–Trinajstić information content (AvgIpc) is 2.85. The van der Waals surface area contributed by atoms with E-state index in [4.69, 9.17) is 24.1 Å². The van der Waals surface area contributed by atoms with E-state index in [0.29, 0.717) is 18.7 Å². The van der Waals surface area contributed by atoms with Crippen LogP contribution in [-0.2, 0) is 9.53 Å². The highest BCUT2D eigenvalue weighted by atomic mass is 16.5. The highest BCUT2D eigenvalue weighted by Gasteiger charge is 2.51. The lowest BCUT2D eigenvalue weighted by Crippen LogP contribution is -2.56. The first kappa shape index (κ1) is 23.5. The highest BCUT2D eigenvalue weighted by molar-refractivity contribution is 5.97. The molecule has 3 heterocycles. The van der Waals surface area contributed by atoms with E-state index < -0.39 is 18.2 Å². The van der Waals surface area contributed by atoms with Crippen molar-refractivity contribution < 1.29 is 33.6 Å². The summed E-state index contributed by atoms with van der Waals surface area (Å²) in [6.07, 6.45) is 1.62. The van der Waals surface area contributed by atoms with E-state index >= 15 is 0 Å². The number of nitrogens with zero attached hydrogens (tertiary/aromatic N) is 1. The van der Waals surface area contributed by atoms with Crippen LogP contribution in [0.15, 0.2) is 42.5 Å². The van der Waals surface area contributed by atoms with Gasteiger partial charge in [0.15, 0.2) is 6.61 Å². The molecule has 186 valence electrons. The third-order valence-electron chi connectivity index (χ3n) is 7.46. The molecule has 2 aromatic carbocycles. The first-order valence-electron chi connectivity index (χ1n) is 12.0. The molecule has 1 N–H and O–H groups in total. The summed E-state index contributed by atoms with van der Waals surface area (Å²) in [7, 11) is 1.64. The topological polar surface area (TPSA) is 94.5 Å². The van der Waals surface area contributed by atoms with Crippen LogP contribution in [-0.4, -0.2) is 60.4 Å². The normalized spacial score (nSPS) is 26.4. The molecular formula is C27H31NO7. The molecule has 8 nitrogen and oxygen atoms in total. The van der Waals surface area contributed by atoms with Gasteiger partial charge in [-0.3, -0.25) is 4.79 Å². The predicted molar refractivity (Wildman–Crippen MR) is 127 cm³/mol. The Morgan fingerprint density at radius 2 is 2.00 bits per heavy atom. The van der Waals surface area contributed by atoms with Crippen molar-refractivity contribution in [3.05, 3.63) is 53.6 Å². The first-order chi connectivity index (χ1) is 16.8. The van der Waals surface area contributed by atoms with Crippen molar-refractivity contribution in [3.8, 4) is 17.2 Å². The standard InChI is InChI=1S/C27H31NO7/c1-27(2)20-12-16-14-28(26(31)19-6-4-5-7-22(19)33-15-24(29)30)11-10-21(16)34-25(20)18-9-8-17(32-3)13-23(18)35-27/h4-9,13,16,20-21,25H,10-12,14-15H2,1-3H3,(H,29,30)/t16-,20+,21+,25-/m1/s1. The molecule has 0 saturated carbocycles. The van der Waals surface area contributed by atoms with Crippen LogP contribution in [0, 0.1) is 11.8 Å². The zero-order valence-corrected chi connectivity index (χ0v) is 20.2. The second-order valence-corrected chi connectivity index (χ2v) is 10.0. The minimum absolute atomic E-state index is 0.0580. The molecular weight excluding hydrogens is 450 g/mol. The molecule has 0 aromatic heterocycles. The Kier molecular flexibility index (Phi) is 6.09. The van der Waals surface area contributed by atoms with Crippen molar-refractivity contribution in [2.75, 3.05) is 26.8 Å². The van der Waals surface area contributed by atoms with Crippen molar-refractivity contribution >= 4 is 11.9 Å². The number of likely N-dealkylation sites (tertiary alicyclic amines) is 1. The lowest BCUT2D eigenvalue weighted by atomic mass is 9.70. The van der Waals surface area contributed by atoms with Crippen LogP contribution in [0.25, 0.3) is 0 Å². The number of aliphatic carboxylic acids is 1. The largest absolute Gasteiger partial charge is 0.497 e. The van der Waals surface area contributed by atoms with Gasteiger partial charge in [-0.25, -0.2) is 4.79 Å². The number of carbonyl (C=O) groups is 2. The zero-order chi connectivity index (χ0) is 24.7. The summed E-state index contributed by atoms with van der Waals surface area (Å²) in [4.78, 5) is 26.2. The minimum atomic E-state index is -1.08. The summed E-state index contributed by atoms with van der Waals surface area (Å²) in [5, 5.41) is 8.96. The molecule has 0 bridgehead atoms. The van der Waals surface area contributed by atoms with Gasteiger partial charge in [-0.2, -0.15) is 0 Å². The van der Waals surface area contributed by atoms with E-state index in [1.165, 1.54) is 0 Å². The Bertz CT molecular complexity index is 1130. The van der Waals surface area contributed by atoms with Crippen molar-refractivity contribution in [3.63, 3.8) is 0 Å². The third kappa shape index (κ3) is 4.43. The quantitative estimate of drug-likeness (QED) is 0.691. The van der Waals surface area contributed by atoms with Gasteiger partial charge in [-0.05, 0) is 51.0 Å². The number of benzene rings is 2. The fourth-order valence-electron chi connectivity index (χ4n) is 5.68. The summed E-state index contributed by atoms with van der Waals surface area (Å²) in [5.74, 6) is 0.943. The molecule has 4 atom stereocenters. The van der Waals surface area contributed by atoms with Crippen LogP contribution in [0.1, 0.15) is 48.7 Å². The Hall–Kier alpha value is -3.26. The van der Waals surface area contributed by atoms with E-state index in [9.17, 15) is 9.59 Å². The van der Waals surface area contributed by atoms with Crippen molar-refractivity contribution in [1.29, 1.82) is 0 Å². The molecule has 0 aliphatic carbocycles. The van der Waals surface area contributed by atoms with Gasteiger partial charge in [-0.15, -0.1) is 0 Å². The number of methoxy groups -OCH3 is 1. The number of rotatable bonds is 5. The van der Waals surface area contributed by atoms with Crippen molar-refractivity contribution in [1.82, 2.24) is 4.90 Å². The molecule has 0 radical (unpaired) electrons. The Labute approximate surface area is 204 Å². The molecule has 8 heteroatoms. The van der Waals surface area contributed by atoms with Gasteiger partial charge in [0.05, 0.1) is 24.9 Å². The van der Waals surface area contributed by atoms with Gasteiger partial charge < -0.3 is 29.0 Å². The van der Waals surface area contributed by atoms with Gasteiger partial charge in [0.1, 0.15) is 22.8 Å². The maximum absolute atomic E-state index is 13.4. The number of fused-ring (bicyclic) bond motifs is 4. The summed E-state index contributed by atoms with van der Waals surface area (Å²) in [6, 6.07) is 12.7. The molecule has 0 unspecified atom stereocenters. The molecule has 1 amide bonds. The molecule has 3 aliphatic rings. The SMILES string of the molecule is COc1ccc2c(c1)OC(C)(C)[C@H]1C[C@@H]3CN(C(=O)c4ccccc4OCC(=O)O)CC[C@@H]3O[C@H]21. The van der Waals surface area contributed by atoms with Crippen molar-refractivity contribution in [2.45, 2.75) is 44.5 Å². The molecule has 2 aromatic rings. The van der Waals surface area contributed by atoms with Crippen LogP contribution < -0.4 is 14.2 Å². The molecule has 2 fully saturated rings. The number of amides is 1. The molecule has 3 aliphatic heterocycles. The maximum atomic E-state index is 13.4. The van der Waals surface area contributed by atoms with Crippen LogP contribution in [0.3, 0.4) is 0 Å². The first-order valence-corrected chi connectivity index (χ1v) is 12.0. The molecule has 2 saturated heterocycles. The summed E-state index contributed by atoms with van der Waals surface area (Å²) >= 11 is 0. The van der Waals surface area contributed by atoms with Crippen LogP contribution in [0.5, 0.6) is 17.2 Å². The molecule has 0 spiro atoms. The highest BCUT2D eigenvalue weighted by Crippen LogP contribution is 2.53. The fraction of sp³-hybridized carbons (Fsp3) is 0.481. The fourth-order valence-corrected chi connectivity index (χ4v) is 5.68. The number of hydrogen-bond acceptors (Lipinski definition) is 6. The number of piperidine rings is 1. The number of carbonyl (C=O) groups excluding carboxylic acids is 1. The second kappa shape index (κ2) is 9.07. The Balaban J connectivity index is 1.34. The Morgan fingerprint density at radius 1 is 1.20 bits per heavy atom. The maximum Gasteiger partial charge on any atom is 0.341 e. The predicted octanol–water partition coefficient (Wildman–Crippen LogP) is 3.94. The number of carboxylic acids is 1. The van der Waals surface area contributed by atoms with E-state index in [1.54, 1.807) is 31.4 Å². The number of ether oxygens (including phenoxy) is 4. The number of para-hydroxylation sites is 1. The van der Waals surface area contributed by atoms with Gasteiger partial charge in [0.25, 0.3) is 5.91 Å². The third-order valence-corrected chi connectivity index (χ3v) is 7.46. The summed E-state index contributed by atoms with van der Waals surface area (Å²) in [5.41, 5.74) is 1.00. The van der Waals surface area contributed by atoms with Gasteiger partial charge in [-0.1, -0.05) is 12.1 Å². The lowest BCUT2D eigenvalue weighted by Gasteiger charge is -2.53. The smallest absolute Gasteiger partial charge is 0.341 e. The zero-order valence-electron chi connectivity index (χ0n) is 20.2. The van der Waals surface area contributed by atoms with E-state index in [2.05, 4.69) is 13.8 Å². The monoisotopic (exact) mass is 481 g/mol. The molecule has 35 heavy (non-hydrogen) atoms. The second-order valence-electron chi connectivity index (χ2n) is 10.0. The van der Waals surface area contributed by atoms with Crippen LogP contribution in [0.2, 0.25) is 0 Å². The van der Waals surface area contributed by atoms with Gasteiger partial charge in [0.2, 0.25) is 0 Å². The molecule has 5 rings (SSSR count). The van der Waals surface area contributed by atoms with Crippen molar-refractivity contribution in [2.24, 2.45) is 11.8 Å². The lowest BCUT2D eigenvalue weighted by molar-refractivity contribution is -0.184. The van der Waals surface area contributed by atoms with Crippen LogP contribution in [0.4, 0.5) is 0 Å². The van der Waals surface area contributed by atoms with Gasteiger partial charge in [0, 0.05) is 36.6 Å².